The average molecular weight is 351 g/mol. The largest absolute Gasteiger partial charge is 0.481 e. The molecule has 1 aromatic carbocycles. The van der Waals surface area contributed by atoms with Crippen molar-refractivity contribution in [2.75, 3.05) is 0 Å². The van der Waals surface area contributed by atoms with Gasteiger partial charge in [-0.25, -0.2) is 8.42 Å². The van der Waals surface area contributed by atoms with E-state index in [1.165, 1.54) is 4.31 Å². The molecule has 24 heavy (non-hydrogen) atoms. The molecular weight excluding hydrogens is 326 g/mol. The predicted octanol–water partition coefficient (Wildman–Crippen LogP) is 2.90. The van der Waals surface area contributed by atoms with Crippen molar-refractivity contribution in [2.45, 2.75) is 62.9 Å². The number of carbonyl (C=O) groups is 1. The number of sulfonamides is 1. The van der Waals surface area contributed by atoms with E-state index in [4.69, 9.17) is 0 Å². The minimum Gasteiger partial charge on any atom is -0.481 e. The fourth-order valence-electron chi connectivity index (χ4n) is 3.98. The first-order chi connectivity index (χ1) is 11.3. The van der Waals surface area contributed by atoms with Crippen molar-refractivity contribution >= 4 is 16.0 Å². The maximum atomic E-state index is 13.0. The van der Waals surface area contributed by atoms with Gasteiger partial charge in [0.2, 0.25) is 10.0 Å². The van der Waals surface area contributed by atoms with E-state index in [-0.39, 0.29) is 10.9 Å². The molecule has 0 aliphatic carbocycles. The van der Waals surface area contributed by atoms with Gasteiger partial charge in [0.25, 0.3) is 0 Å². The van der Waals surface area contributed by atoms with Crippen molar-refractivity contribution in [3.8, 4) is 0 Å². The second-order valence-electron chi connectivity index (χ2n) is 7.39. The summed E-state index contributed by atoms with van der Waals surface area (Å²) in [6.45, 7) is 4.34. The van der Waals surface area contributed by atoms with Crippen molar-refractivity contribution in [3.63, 3.8) is 0 Å². The maximum Gasteiger partial charge on any atom is 0.308 e. The highest BCUT2D eigenvalue weighted by atomic mass is 32.2. The molecule has 6 heteroatoms. The third-order valence-corrected chi connectivity index (χ3v) is 7.29. The summed E-state index contributed by atoms with van der Waals surface area (Å²) in [4.78, 5) is 11.6. The number of carboxylic acid groups (broad SMARTS) is 1. The van der Waals surface area contributed by atoms with E-state index in [1.807, 2.05) is 12.1 Å². The Bertz CT molecular complexity index is 711. The van der Waals surface area contributed by atoms with Crippen LogP contribution in [-0.2, 0) is 21.2 Å². The van der Waals surface area contributed by atoms with Gasteiger partial charge in [0.1, 0.15) is 0 Å². The summed E-state index contributed by atoms with van der Waals surface area (Å²) in [5.41, 5.74) is 1.13. The standard InChI is InChI=1S/C18H25NO4S/c1-12(2)3-4-13-5-8-15(9-6-13)24(22,23)19-14-7-10-17(19)16(11-14)18(20)21/h5-6,8-9,12,14,16-17H,3-4,7,10-11H2,1-2H3,(H,20,21). The van der Waals surface area contributed by atoms with Gasteiger partial charge in [0, 0.05) is 12.1 Å². The summed E-state index contributed by atoms with van der Waals surface area (Å²) in [6.07, 6.45) is 3.86. The number of benzene rings is 1. The third-order valence-electron chi connectivity index (χ3n) is 5.30. The van der Waals surface area contributed by atoms with E-state index < -0.39 is 28.0 Å². The van der Waals surface area contributed by atoms with Gasteiger partial charge in [0.05, 0.1) is 10.8 Å². The Morgan fingerprint density at radius 3 is 2.46 bits per heavy atom. The predicted molar refractivity (Wildman–Crippen MR) is 91.2 cm³/mol. The number of carboxylic acids is 1. The first-order valence-corrected chi connectivity index (χ1v) is 10.1. The van der Waals surface area contributed by atoms with E-state index in [0.29, 0.717) is 18.8 Å². The lowest BCUT2D eigenvalue weighted by atomic mass is 9.89. The molecule has 5 nitrogen and oxygen atoms in total. The Hall–Kier alpha value is -1.40. The number of aryl methyl sites for hydroxylation is 1. The van der Waals surface area contributed by atoms with E-state index in [0.717, 1.165) is 24.8 Å². The highest BCUT2D eigenvalue weighted by Crippen LogP contribution is 2.45. The van der Waals surface area contributed by atoms with Gasteiger partial charge in [0.15, 0.2) is 0 Å². The Morgan fingerprint density at radius 1 is 1.25 bits per heavy atom. The van der Waals surface area contributed by atoms with Crippen LogP contribution < -0.4 is 0 Å². The van der Waals surface area contributed by atoms with Crippen LogP contribution in [0.1, 0.15) is 45.1 Å². The van der Waals surface area contributed by atoms with Crippen LogP contribution in [0.5, 0.6) is 0 Å². The molecule has 3 rings (SSSR count). The third kappa shape index (κ3) is 3.09. The average Bonchev–Trinajstić information content (AvgIpc) is 3.12. The molecule has 3 atom stereocenters. The second kappa shape index (κ2) is 6.48. The number of rotatable bonds is 6. The normalized spacial score (nSPS) is 27.0. The Labute approximate surface area is 143 Å². The van der Waals surface area contributed by atoms with Crippen molar-refractivity contribution in [1.82, 2.24) is 4.31 Å². The molecule has 0 radical (unpaired) electrons. The van der Waals surface area contributed by atoms with Crippen molar-refractivity contribution in [3.05, 3.63) is 29.8 Å². The van der Waals surface area contributed by atoms with Gasteiger partial charge in [-0.3, -0.25) is 4.79 Å². The lowest BCUT2D eigenvalue weighted by Crippen LogP contribution is -2.37. The SMILES string of the molecule is CC(C)CCc1ccc(S(=O)(=O)N2C3CCC2C(C(=O)O)C3)cc1. The van der Waals surface area contributed by atoms with Crippen LogP contribution in [0.2, 0.25) is 0 Å². The van der Waals surface area contributed by atoms with Crippen molar-refractivity contribution < 1.29 is 18.3 Å². The molecule has 0 saturated carbocycles. The van der Waals surface area contributed by atoms with Gasteiger partial charge in [-0.2, -0.15) is 4.31 Å². The van der Waals surface area contributed by atoms with Crippen molar-refractivity contribution in [2.24, 2.45) is 11.8 Å². The smallest absolute Gasteiger partial charge is 0.308 e. The summed E-state index contributed by atoms with van der Waals surface area (Å²) < 4.78 is 27.4. The molecule has 2 heterocycles. The Balaban J connectivity index is 1.80. The molecule has 3 unspecified atom stereocenters. The summed E-state index contributed by atoms with van der Waals surface area (Å²) in [6, 6.07) is 6.53. The zero-order chi connectivity index (χ0) is 17.5. The first kappa shape index (κ1) is 17.4. The van der Waals surface area contributed by atoms with Crippen molar-refractivity contribution in [1.29, 1.82) is 0 Å². The Morgan fingerprint density at radius 2 is 1.92 bits per heavy atom. The molecule has 2 aliphatic heterocycles. The minimum atomic E-state index is -3.62. The fourth-order valence-corrected chi connectivity index (χ4v) is 5.90. The number of hydrogen-bond donors (Lipinski definition) is 1. The molecule has 2 fully saturated rings. The molecular formula is C18H25NO4S. The zero-order valence-electron chi connectivity index (χ0n) is 14.2. The van der Waals surface area contributed by atoms with Gasteiger partial charge >= 0.3 is 5.97 Å². The van der Waals surface area contributed by atoms with Gasteiger partial charge in [-0.05, 0) is 55.7 Å². The summed E-state index contributed by atoms with van der Waals surface area (Å²) >= 11 is 0. The second-order valence-corrected chi connectivity index (χ2v) is 9.23. The van der Waals surface area contributed by atoms with Gasteiger partial charge < -0.3 is 5.11 Å². The highest BCUT2D eigenvalue weighted by Gasteiger charge is 2.54. The quantitative estimate of drug-likeness (QED) is 0.855. The van der Waals surface area contributed by atoms with Crippen LogP contribution in [0.25, 0.3) is 0 Å². The number of hydrogen-bond acceptors (Lipinski definition) is 3. The van der Waals surface area contributed by atoms with Crippen LogP contribution in [0.3, 0.4) is 0 Å². The van der Waals surface area contributed by atoms with Crippen LogP contribution in [0.15, 0.2) is 29.2 Å². The lowest BCUT2D eigenvalue weighted by molar-refractivity contribution is -0.142. The van der Waals surface area contributed by atoms with Crippen LogP contribution in [0.4, 0.5) is 0 Å². The Kier molecular flexibility index (Phi) is 4.71. The molecule has 2 saturated heterocycles. The van der Waals surface area contributed by atoms with E-state index in [1.54, 1.807) is 12.1 Å². The van der Waals surface area contributed by atoms with E-state index in [9.17, 15) is 18.3 Å². The topological polar surface area (TPSA) is 74.7 Å². The van der Waals surface area contributed by atoms with E-state index >= 15 is 0 Å². The van der Waals surface area contributed by atoms with E-state index in [2.05, 4.69) is 13.8 Å². The lowest BCUT2D eigenvalue weighted by Gasteiger charge is -2.22. The number of fused-ring (bicyclic) bond motifs is 2. The van der Waals surface area contributed by atoms with Crippen LogP contribution >= 0.6 is 0 Å². The molecule has 1 N–H and O–H groups in total. The molecule has 0 amide bonds. The molecule has 2 bridgehead atoms. The number of nitrogens with zero attached hydrogens (tertiary/aromatic N) is 1. The summed E-state index contributed by atoms with van der Waals surface area (Å²) in [5.74, 6) is -0.836. The van der Waals surface area contributed by atoms with Gasteiger partial charge in [-0.15, -0.1) is 0 Å². The minimum absolute atomic E-state index is 0.165. The molecule has 132 valence electrons. The summed E-state index contributed by atoms with van der Waals surface area (Å²) in [5, 5.41) is 9.31. The molecule has 1 aromatic rings. The number of aliphatic carboxylic acids is 1. The fraction of sp³-hybridized carbons (Fsp3) is 0.611. The zero-order valence-corrected chi connectivity index (χ0v) is 15.0. The highest BCUT2D eigenvalue weighted by molar-refractivity contribution is 7.89. The van der Waals surface area contributed by atoms with Crippen LogP contribution in [0, 0.1) is 11.8 Å². The van der Waals surface area contributed by atoms with Gasteiger partial charge in [-0.1, -0.05) is 26.0 Å². The monoisotopic (exact) mass is 351 g/mol. The maximum absolute atomic E-state index is 13.0. The molecule has 2 aliphatic rings. The molecule has 0 spiro atoms. The van der Waals surface area contributed by atoms with Crippen LogP contribution in [-0.4, -0.2) is 35.9 Å². The summed E-state index contributed by atoms with van der Waals surface area (Å²) in [7, 11) is -3.62. The molecule has 0 aromatic heterocycles. The first-order valence-electron chi connectivity index (χ1n) is 8.66.